The van der Waals surface area contributed by atoms with Crippen LogP contribution in [-0.4, -0.2) is 65.7 Å². The zero-order valence-corrected chi connectivity index (χ0v) is 9.45. The van der Waals surface area contributed by atoms with Crippen molar-refractivity contribution in [1.29, 1.82) is 0 Å². The van der Waals surface area contributed by atoms with Crippen molar-refractivity contribution in [3.8, 4) is 0 Å². The molecule has 0 rings (SSSR count). The smallest absolute Gasteiger partial charge is 0.870 e. The third-order valence-corrected chi connectivity index (χ3v) is 0.387. The van der Waals surface area contributed by atoms with E-state index in [2.05, 4.69) is 0 Å². The minimum atomic E-state index is 0. The fourth-order valence-electron chi connectivity index (χ4n) is 0. The number of aliphatic hydroxyl groups excluding tert-OH is 3. The Labute approximate surface area is 101 Å². The van der Waals surface area contributed by atoms with E-state index in [1.54, 1.807) is 0 Å². The maximum Gasteiger partial charge on any atom is 2.00 e. The monoisotopic (exact) mass is 280 g/mol. The van der Waals surface area contributed by atoms with Crippen molar-refractivity contribution in [3.63, 3.8) is 0 Å². The number of nitrogens with two attached hydrogens (primary N) is 3. The van der Waals surface area contributed by atoms with E-state index in [-0.39, 0.29) is 47.8 Å². The average molecular weight is 281 g/mol. The van der Waals surface area contributed by atoms with E-state index in [1.165, 1.54) is 0 Å². The summed E-state index contributed by atoms with van der Waals surface area (Å²) < 4.78 is 0. The molecule has 0 aliphatic heterocycles. The van der Waals surface area contributed by atoms with Gasteiger partial charge in [-0.05, 0) is 0 Å². The number of hydrogen-bond donors (Lipinski definition) is 6. The van der Waals surface area contributed by atoms with Crippen LogP contribution >= 0.6 is 0 Å². The molecule has 0 amide bonds. The van der Waals surface area contributed by atoms with Crippen LogP contribution in [0.3, 0.4) is 0 Å². The minimum absolute atomic E-state index is 0. The van der Waals surface area contributed by atoms with E-state index in [4.69, 9.17) is 32.5 Å². The van der Waals surface area contributed by atoms with Crippen LogP contribution in [0, 0.1) is 0 Å². The van der Waals surface area contributed by atoms with Crippen LogP contribution in [0.15, 0.2) is 0 Å². The molecule has 0 unspecified atom stereocenters. The van der Waals surface area contributed by atoms with Crippen molar-refractivity contribution in [2.24, 2.45) is 17.2 Å². The first-order chi connectivity index (χ1) is 5.74. The Bertz CT molecular complexity index is 42.2. The molecule has 0 atom stereocenters. The van der Waals surface area contributed by atoms with Crippen molar-refractivity contribution in [3.05, 3.63) is 0 Å². The molecule has 0 heterocycles. The average Bonchev–Trinajstić information content (AvgIpc) is 2.18. The van der Waals surface area contributed by atoms with E-state index >= 15 is 0 Å². The minimum Gasteiger partial charge on any atom is -0.870 e. The summed E-state index contributed by atoms with van der Waals surface area (Å²) in [4.78, 5) is 0. The van der Waals surface area contributed by atoms with E-state index < -0.39 is 0 Å². The zero-order valence-electron chi connectivity index (χ0n) is 8.51. The van der Waals surface area contributed by atoms with Crippen LogP contribution in [0.25, 0.3) is 0 Å². The van der Waals surface area contributed by atoms with Gasteiger partial charge in [0.1, 0.15) is 0 Å². The van der Waals surface area contributed by atoms with Crippen LogP contribution in [-0.2, 0) is 17.1 Å². The molecular formula is C6H23CuN3O5. The summed E-state index contributed by atoms with van der Waals surface area (Å²) in [5.41, 5.74) is 14.3. The molecular weight excluding hydrogens is 258 g/mol. The van der Waals surface area contributed by atoms with Crippen LogP contribution in [0.1, 0.15) is 0 Å². The summed E-state index contributed by atoms with van der Waals surface area (Å²) >= 11 is 0. The quantitative estimate of drug-likeness (QED) is 0.285. The molecule has 0 spiro atoms. The predicted molar refractivity (Wildman–Crippen MR) is 52.3 cm³/mol. The van der Waals surface area contributed by atoms with E-state index in [0.29, 0.717) is 19.6 Å². The second-order valence-corrected chi connectivity index (χ2v) is 1.54. The Kier molecular flexibility index (Phi) is 155. The Morgan fingerprint density at radius 3 is 0.667 bits per heavy atom. The van der Waals surface area contributed by atoms with Crippen molar-refractivity contribution < 1.29 is 43.3 Å². The molecule has 15 heavy (non-hydrogen) atoms. The molecule has 9 heteroatoms. The third kappa shape index (κ3) is 206. The molecule has 0 aliphatic rings. The largest absolute Gasteiger partial charge is 2.00 e. The Morgan fingerprint density at radius 1 is 0.600 bits per heavy atom. The maximum absolute atomic E-state index is 7.75. The van der Waals surface area contributed by atoms with E-state index in [1.807, 2.05) is 0 Å². The van der Waals surface area contributed by atoms with Gasteiger partial charge in [0.25, 0.3) is 0 Å². The van der Waals surface area contributed by atoms with Gasteiger partial charge in [-0.2, -0.15) is 0 Å². The summed E-state index contributed by atoms with van der Waals surface area (Å²) in [6, 6.07) is 0. The zero-order chi connectivity index (χ0) is 10.2. The first-order valence-corrected chi connectivity index (χ1v) is 3.67. The SMILES string of the molecule is NCCO.NCCO.NCCO.[Cu+2].[OH-].[OH-]. The molecule has 103 valence electrons. The molecule has 0 aliphatic carbocycles. The van der Waals surface area contributed by atoms with Gasteiger partial charge in [-0.25, -0.2) is 0 Å². The summed E-state index contributed by atoms with van der Waals surface area (Å²) in [6.07, 6.45) is 0. The predicted octanol–water partition coefficient (Wildman–Crippen LogP) is -3.54. The van der Waals surface area contributed by atoms with Gasteiger partial charge in [0.05, 0.1) is 19.8 Å². The normalized spacial score (nSPS) is 6.00. The fraction of sp³-hybridized carbons (Fsp3) is 1.00. The fourth-order valence-corrected chi connectivity index (χ4v) is 0. The van der Waals surface area contributed by atoms with E-state index in [0.717, 1.165) is 0 Å². The van der Waals surface area contributed by atoms with Gasteiger partial charge in [-0.1, -0.05) is 0 Å². The standard InChI is InChI=1S/3C2H7NO.Cu.2H2O/c3*3-1-2-4;;;/h3*4H,1-3H2;;2*1H2/q;;;+2;;/p-2. The Morgan fingerprint density at radius 2 is 0.667 bits per heavy atom. The van der Waals surface area contributed by atoms with Crippen LogP contribution in [0.4, 0.5) is 0 Å². The molecule has 1 radical (unpaired) electrons. The second-order valence-electron chi connectivity index (χ2n) is 1.54. The van der Waals surface area contributed by atoms with Gasteiger partial charge in [0, 0.05) is 19.6 Å². The summed E-state index contributed by atoms with van der Waals surface area (Å²) in [7, 11) is 0. The molecule has 0 saturated carbocycles. The molecule has 0 bridgehead atoms. The first kappa shape index (κ1) is 36.2. The summed E-state index contributed by atoms with van der Waals surface area (Å²) in [5.74, 6) is 0. The van der Waals surface area contributed by atoms with Gasteiger partial charge < -0.3 is 43.5 Å². The van der Waals surface area contributed by atoms with Crippen molar-refractivity contribution in [1.82, 2.24) is 0 Å². The maximum atomic E-state index is 7.75. The van der Waals surface area contributed by atoms with E-state index in [9.17, 15) is 0 Å². The van der Waals surface area contributed by atoms with Crippen molar-refractivity contribution in [2.45, 2.75) is 0 Å². The molecule has 0 aromatic heterocycles. The van der Waals surface area contributed by atoms with Crippen LogP contribution < -0.4 is 17.2 Å². The van der Waals surface area contributed by atoms with Crippen molar-refractivity contribution in [2.75, 3.05) is 39.5 Å². The van der Waals surface area contributed by atoms with Crippen molar-refractivity contribution >= 4 is 0 Å². The summed E-state index contributed by atoms with van der Waals surface area (Å²) in [6.45, 7) is 1.42. The first-order valence-electron chi connectivity index (χ1n) is 3.67. The molecule has 8 nitrogen and oxygen atoms in total. The Balaban J connectivity index is -0.0000000184. The van der Waals surface area contributed by atoms with Gasteiger partial charge in [0.15, 0.2) is 0 Å². The van der Waals surface area contributed by atoms with Gasteiger partial charge in [0.2, 0.25) is 0 Å². The number of aliphatic hydroxyl groups is 3. The topological polar surface area (TPSA) is 199 Å². The molecule has 0 aromatic carbocycles. The van der Waals surface area contributed by atoms with Gasteiger partial charge in [-0.3, -0.25) is 0 Å². The summed E-state index contributed by atoms with van der Waals surface area (Å²) in [5, 5.41) is 23.2. The molecule has 11 N–H and O–H groups in total. The number of hydrogen-bond acceptors (Lipinski definition) is 8. The van der Waals surface area contributed by atoms with Gasteiger partial charge in [-0.15, -0.1) is 0 Å². The number of rotatable bonds is 3. The molecule has 0 saturated heterocycles. The Hall–Kier alpha value is 0.199. The van der Waals surface area contributed by atoms with Crippen LogP contribution in [0.5, 0.6) is 0 Å². The third-order valence-electron chi connectivity index (χ3n) is 0.387. The molecule has 0 fully saturated rings. The second kappa shape index (κ2) is 64.4. The molecule has 0 aromatic rings. The van der Waals surface area contributed by atoms with Gasteiger partial charge >= 0.3 is 17.1 Å². The van der Waals surface area contributed by atoms with Crippen LogP contribution in [0.2, 0.25) is 0 Å².